The SMILES string of the molecule is CCOc1ccc(CN2CCN(C(=O)[C@H](C)NS(=O)(=O)c3ccc(NC(C)=O)cc3)CC2)cc1. The summed E-state index contributed by atoms with van der Waals surface area (Å²) < 4.78 is 33.3. The van der Waals surface area contributed by atoms with Gasteiger partial charge in [-0.2, -0.15) is 4.72 Å². The number of nitrogens with one attached hydrogen (secondary N) is 2. The van der Waals surface area contributed by atoms with Gasteiger partial charge < -0.3 is 15.0 Å². The predicted octanol–water partition coefficient (Wildman–Crippen LogP) is 2.05. The maximum Gasteiger partial charge on any atom is 0.241 e. The number of hydrogen-bond donors (Lipinski definition) is 2. The van der Waals surface area contributed by atoms with Gasteiger partial charge in [-0.15, -0.1) is 0 Å². The Kier molecular flexibility index (Phi) is 8.65. The highest BCUT2D eigenvalue weighted by Crippen LogP contribution is 2.17. The van der Waals surface area contributed by atoms with Crippen molar-refractivity contribution < 1.29 is 22.7 Å². The lowest BCUT2D eigenvalue weighted by atomic mass is 10.2. The third kappa shape index (κ3) is 7.02. The summed E-state index contributed by atoms with van der Waals surface area (Å²) in [7, 11) is -3.88. The van der Waals surface area contributed by atoms with Crippen molar-refractivity contribution in [1.82, 2.24) is 14.5 Å². The normalized spacial score (nSPS) is 15.6. The van der Waals surface area contributed by atoms with Crippen LogP contribution >= 0.6 is 0 Å². The second-order valence-corrected chi connectivity index (χ2v) is 9.94. The van der Waals surface area contributed by atoms with Crippen molar-refractivity contribution in [3.05, 3.63) is 54.1 Å². The smallest absolute Gasteiger partial charge is 0.241 e. The lowest BCUT2D eigenvalue weighted by Crippen LogP contribution is -2.53. The Bertz CT molecular complexity index is 1080. The molecule has 9 nitrogen and oxygen atoms in total. The topological polar surface area (TPSA) is 108 Å². The van der Waals surface area contributed by atoms with Crippen molar-refractivity contribution in [3.63, 3.8) is 0 Å². The summed E-state index contributed by atoms with van der Waals surface area (Å²) in [4.78, 5) is 28.0. The minimum Gasteiger partial charge on any atom is -0.494 e. The Labute approximate surface area is 201 Å². The first-order chi connectivity index (χ1) is 16.2. The molecule has 2 amide bonds. The first-order valence-corrected chi connectivity index (χ1v) is 12.8. The van der Waals surface area contributed by atoms with Gasteiger partial charge in [0.2, 0.25) is 21.8 Å². The van der Waals surface area contributed by atoms with Crippen LogP contribution in [0.25, 0.3) is 0 Å². The fourth-order valence-corrected chi connectivity index (χ4v) is 4.98. The summed E-state index contributed by atoms with van der Waals surface area (Å²) in [5.74, 6) is 0.355. The molecule has 0 bridgehead atoms. The minimum atomic E-state index is -3.88. The molecule has 184 valence electrons. The van der Waals surface area contributed by atoms with Crippen molar-refractivity contribution in [1.29, 1.82) is 0 Å². The molecule has 0 unspecified atom stereocenters. The van der Waals surface area contributed by atoms with E-state index >= 15 is 0 Å². The number of carbonyl (C=O) groups is 2. The highest BCUT2D eigenvalue weighted by molar-refractivity contribution is 7.89. The average Bonchev–Trinajstić information content (AvgIpc) is 2.80. The number of sulfonamides is 1. The van der Waals surface area contributed by atoms with Gasteiger partial charge in [0.1, 0.15) is 5.75 Å². The van der Waals surface area contributed by atoms with Gasteiger partial charge in [0.15, 0.2) is 0 Å². The first kappa shape index (κ1) is 25.7. The molecule has 2 aromatic rings. The number of benzene rings is 2. The highest BCUT2D eigenvalue weighted by Gasteiger charge is 2.28. The molecule has 2 aromatic carbocycles. The maximum absolute atomic E-state index is 12.9. The monoisotopic (exact) mass is 488 g/mol. The van der Waals surface area contributed by atoms with E-state index in [0.717, 1.165) is 12.3 Å². The Morgan fingerprint density at radius 2 is 1.62 bits per heavy atom. The van der Waals surface area contributed by atoms with E-state index in [1.165, 1.54) is 36.8 Å². The highest BCUT2D eigenvalue weighted by atomic mass is 32.2. The summed E-state index contributed by atoms with van der Waals surface area (Å²) in [6.07, 6.45) is 0. The Morgan fingerprint density at radius 1 is 1.00 bits per heavy atom. The van der Waals surface area contributed by atoms with Crippen LogP contribution in [0.5, 0.6) is 5.75 Å². The maximum atomic E-state index is 12.9. The molecule has 0 radical (unpaired) electrons. The number of anilines is 1. The van der Waals surface area contributed by atoms with Crippen molar-refractivity contribution in [2.45, 2.75) is 38.3 Å². The van der Waals surface area contributed by atoms with Crippen molar-refractivity contribution in [2.75, 3.05) is 38.1 Å². The molecule has 0 spiro atoms. The zero-order chi connectivity index (χ0) is 24.7. The van der Waals surface area contributed by atoms with Crippen LogP contribution in [-0.2, 0) is 26.2 Å². The Morgan fingerprint density at radius 3 is 2.18 bits per heavy atom. The summed E-state index contributed by atoms with van der Waals surface area (Å²) in [6.45, 7) is 8.79. The van der Waals surface area contributed by atoms with Gasteiger partial charge in [-0.1, -0.05) is 12.1 Å². The van der Waals surface area contributed by atoms with Gasteiger partial charge in [0.05, 0.1) is 17.5 Å². The number of nitrogens with zero attached hydrogens (tertiary/aromatic N) is 2. The van der Waals surface area contributed by atoms with Gasteiger partial charge in [-0.25, -0.2) is 8.42 Å². The Hall–Kier alpha value is -2.95. The third-order valence-corrected chi connectivity index (χ3v) is 7.07. The van der Waals surface area contributed by atoms with Crippen LogP contribution < -0.4 is 14.8 Å². The van der Waals surface area contributed by atoms with Gasteiger partial charge in [0.25, 0.3) is 0 Å². The number of ether oxygens (including phenoxy) is 1. The second kappa shape index (κ2) is 11.5. The van der Waals surface area contributed by atoms with E-state index in [4.69, 9.17) is 4.74 Å². The molecule has 1 aliphatic heterocycles. The van der Waals surface area contributed by atoms with E-state index in [2.05, 4.69) is 14.9 Å². The second-order valence-electron chi connectivity index (χ2n) is 8.23. The first-order valence-electron chi connectivity index (χ1n) is 11.3. The van der Waals surface area contributed by atoms with Crippen molar-refractivity contribution in [3.8, 4) is 5.75 Å². The van der Waals surface area contributed by atoms with Crippen LogP contribution in [0.2, 0.25) is 0 Å². The summed E-state index contributed by atoms with van der Waals surface area (Å²) >= 11 is 0. The zero-order valence-corrected chi connectivity index (χ0v) is 20.6. The van der Waals surface area contributed by atoms with Gasteiger partial charge in [-0.05, 0) is 55.8 Å². The molecule has 10 heteroatoms. The molecule has 0 saturated carbocycles. The van der Waals surface area contributed by atoms with Crippen molar-refractivity contribution in [2.24, 2.45) is 0 Å². The van der Waals surface area contributed by atoms with E-state index in [9.17, 15) is 18.0 Å². The van der Waals surface area contributed by atoms with E-state index < -0.39 is 16.1 Å². The lowest BCUT2D eigenvalue weighted by Gasteiger charge is -2.36. The average molecular weight is 489 g/mol. The van der Waals surface area contributed by atoms with E-state index in [-0.39, 0.29) is 16.7 Å². The quantitative estimate of drug-likeness (QED) is 0.559. The fourth-order valence-electron chi connectivity index (χ4n) is 3.79. The van der Waals surface area contributed by atoms with E-state index in [0.29, 0.717) is 38.5 Å². The van der Waals surface area contributed by atoms with E-state index in [1.807, 2.05) is 31.2 Å². The predicted molar refractivity (Wildman–Crippen MR) is 130 cm³/mol. The zero-order valence-electron chi connectivity index (χ0n) is 19.8. The van der Waals surface area contributed by atoms with Gasteiger partial charge in [-0.3, -0.25) is 14.5 Å². The molecule has 34 heavy (non-hydrogen) atoms. The van der Waals surface area contributed by atoms with Crippen LogP contribution in [-0.4, -0.2) is 68.9 Å². The van der Waals surface area contributed by atoms with Crippen LogP contribution in [0.15, 0.2) is 53.4 Å². The molecule has 0 aromatic heterocycles. The van der Waals surface area contributed by atoms with Gasteiger partial charge in [0, 0.05) is 45.3 Å². The Balaban J connectivity index is 1.50. The molecule has 3 rings (SSSR count). The minimum absolute atomic E-state index is 0.0291. The summed E-state index contributed by atoms with van der Waals surface area (Å²) in [6, 6.07) is 12.9. The fraction of sp³-hybridized carbons (Fsp3) is 0.417. The summed E-state index contributed by atoms with van der Waals surface area (Å²) in [5.41, 5.74) is 1.67. The molecule has 1 heterocycles. The van der Waals surface area contributed by atoms with Crippen molar-refractivity contribution >= 4 is 27.5 Å². The molecular formula is C24H32N4O5S. The third-order valence-electron chi connectivity index (χ3n) is 5.51. The molecule has 1 aliphatic rings. The number of hydrogen-bond acceptors (Lipinski definition) is 6. The van der Waals surface area contributed by atoms with E-state index in [1.54, 1.807) is 11.8 Å². The number of rotatable bonds is 9. The van der Waals surface area contributed by atoms with Crippen LogP contribution in [0.3, 0.4) is 0 Å². The number of amides is 2. The number of carbonyl (C=O) groups excluding carboxylic acids is 2. The lowest BCUT2D eigenvalue weighted by molar-refractivity contribution is -0.134. The molecule has 1 saturated heterocycles. The standard InChI is InChI=1S/C24H32N4O5S/c1-4-33-22-9-5-20(6-10-22)17-27-13-15-28(16-14-27)24(30)18(2)26-34(31,32)23-11-7-21(8-12-23)25-19(3)29/h5-12,18,26H,4,13-17H2,1-3H3,(H,25,29)/t18-/m0/s1. The van der Waals surface area contributed by atoms with Crippen LogP contribution in [0.1, 0.15) is 26.3 Å². The molecular weight excluding hydrogens is 456 g/mol. The summed E-state index contributed by atoms with van der Waals surface area (Å²) in [5, 5.41) is 2.59. The molecule has 1 atom stereocenters. The molecule has 2 N–H and O–H groups in total. The molecule has 0 aliphatic carbocycles. The molecule has 1 fully saturated rings. The van der Waals surface area contributed by atoms with Crippen LogP contribution in [0.4, 0.5) is 5.69 Å². The van der Waals surface area contributed by atoms with Crippen LogP contribution in [0, 0.1) is 0 Å². The van der Waals surface area contributed by atoms with Gasteiger partial charge >= 0.3 is 0 Å². The largest absolute Gasteiger partial charge is 0.494 e. The number of piperazine rings is 1.